The molecule has 112 valence electrons. The van der Waals surface area contributed by atoms with E-state index in [0.717, 1.165) is 6.54 Å². The zero-order valence-electron chi connectivity index (χ0n) is 12.3. The predicted octanol–water partition coefficient (Wildman–Crippen LogP) is 1.68. The lowest BCUT2D eigenvalue weighted by Gasteiger charge is -2.39. The highest BCUT2D eigenvalue weighted by Crippen LogP contribution is 2.30. The lowest BCUT2D eigenvalue weighted by atomic mass is 9.77. The van der Waals surface area contributed by atoms with Crippen LogP contribution in [0.3, 0.4) is 0 Å². The standard InChI is InChI=1S/C14H23N3O2S/c1-14(2)7-5-9-15-12(14)10-17-13-11(20(3,18)19)6-4-8-16-13/h4,6,8,12,15H,5,7,9-10H2,1-3H3,(H,16,17). The molecule has 1 aromatic rings. The Morgan fingerprint density at radius 2 is 2.25 bits per heavy atom. The molecule has 2 N–H and O–H groups in total. The Morgan fingerprint density at radius 3 is 2.90 bits per heavy atom. The molecule has 1 atom stereocenters. The van der Waals surface area contributed by atoms with Gasteiger partial charge in [-0.1, -0.05) is 13.8 Å². The van der Waals surface area contributed by atoms with Crippen LogP contribution in [-0.2, 0) is 9.84 Å². The van der Waals surface area contributed by atoms with Crippen molar-refractivity contribution in [2.45, 2.75) is 37.6 Å². The molecule has 0 amide bonds. The van der Waals surface area contributed by atoms with Crippen LogP contribution in [0.25, 0.3) is 0 Å². The van der Waals surface area contributed by atoms with Crippen LogP contribution in [0.5, 0.6) is 0 Å². The highest BCUT2D eigenvalue weighted by Gasteiger charge is 2.31. The molecule has 1 unspecified atom stereocenters. The molecule has 1 aliphatic rings. The summed E-state index contributed by atoms with van der Waals surface area (Å²) in [4.78, 5) is 4.42. The molecule has 1 fully saturated rings. The van der Waals surface area contributed by atoms with Crippen molar-refractivity contribution in [2.75, 3.05) is 24.7 Å². The van der Waals surface area contributed by atoms with Gasteiger partial charge in [0, 0.05) is 25.0 Å². The van der Waals surface area contributed by atoms with E-state index in [2.05, 4.69) is 29.5 Å². The Morgan fingerprint density at radius 1 is 1.50 bits per heavy atom. The van der Waals surface area contributed by atoms with Crippen molar-refractivity contribution in [2.24, 2.45) is 5.41 Å². The maximum Gasteiger partial charge on any atom is 0.179 e. The van der Waals surface area contributed by atoms with Gasteiger partial charge in [-0.15, -0.1) is 0 Å². The number of nitrogens with one attached hydrogen (secondary N) is 2. The van der Waals surface area contributed by atoms with Crippen LogP contribution < -0.4 is 10.6 Å². The third-order valence-electron chi connectivity index (χ3n) is 3.98. The third-order valence-corrected chi connectivity index (χ3v) is 5.10. The van der Waals surface area contributed by atoms with E-state index < -0.39 is 9.84 Å². The number of rotatable bonds is 4. The van der Waals surface area contributed by atoms with Crippen molar-refractivity contribution < 1.29 is 8.42 Å². The SMILES string of the molecule is CC1(C)CCCNC1CNc1ncccc1S(C)(=O)=O. The summed E-state index contributed by atoms with van der Waals surface area (Å²) in [5.74, 6) is 0.443. The van der Waals surface area contributed by atoms with Gasteiger partial charge in [0.15, 0.2) is 9.84 Å². The highest BCUT2D eigenvalue weighted by molar-refractivity contribution is 7.90. The van der Waals surface area contributed by atoms with Crippen LogP contribution in [-0.4, -0.2) is 38.8 Å². The van der Waals surface area contributed by atoms with Crippen LogP contribution >= 0.6 is 0 Å². The van der Waals surface area contributed by atoms with Crippen molar-refractivity contribution in [3.05, 3.63) is 18.3 Å². The van der Waals surface area contributed by atoms with Gasteiger partial charge >= 0.3 is 0 Å². The Balaban J connectivity index is 2.12. The first-order chi connectivity index (χ1) is 9.31. The van der Waals surface area contributed by atoms with Gasteiger partial charge in [-0.2, -0.15) is 0 Å². The quantitative estimate of drug-likeness (QED) is 0.884. The highest BCUT2D eigenvalue weighted by atomic mass is 32.2. The Labute approximate surface area is 121 Å². The van der Waals surface area contributed by atoms with Crippen molar-refractivity contribution in [3.8, 4) is 0 Å². The molecule has 0 aliphatic carbocycles. The van der Waals surface area contributed by atoms with Gasteiger partial charge in [0.05, 0.1) is 0 Å². The van der Waals surface area contributed by atoms with E-state index in [1.54, 1.807) is 18.3 Å². The normalized spacial score (nSPS) is 22.4. The average molecular weight is 297 g/mol. The lowest BCUT2D eigenvalue weighted by Crippen LogP contribution is -2.50. The summed E-state index contributed by atoms with van der Waals surface area (Å²) in [5.41, 5.74) is 0.200. The molecule has 5 nitrogen and oxygen atoms in total. The van der Waals surface area contributed by atoms with Gasteiger partial charge in [0.25, 0.3) is 0 Å². The molecular weight excluding hydrogens is 274 g/mol. The van der Waals surface area contributed by atoms with E-state index in [-0.39, 0.29) is 10.3 Å². The van der Waals surface area contributed by atoms with E-state index in [9.17, 15) is 8.42 Å². The van der Waals surface area contributed by atoms with Gasteiger partial charge < -0.3 is 10.6 Å². The molecule has 1 saturated heterocycles. The van der Waals surface area contributed by atoms with Crippen molar-refractivity contribution in [1.82, 2.24) is 10.3 Å². The monoisotopic (exact) mass is 297 g/mol. The summed E-state index contributed by atoms with van der Waals surface area (Å²) in [6, 6.07) is 3.54. The Kier molecular flexibility index (Phi) is 4.34. The fourth-order valence-corrected chi connectivity index (χ4v) is 3.44. The number of aromatic nitrogens is 1. The molecule has 1 aromatic heterocycles. The van der Waals surface area contributed by atoms with Crippen LogP contribution in [0, 0.1) is 5.41 Å². The zero-order chi connectivity index (χ0) is 14.8. The van der Waals surface area contributed by atoms with Gasteiger partial charge in [-0.25, -0.2) is 13.4 Å². The summed E-state index contributed by atoms with van der Waals surface area (Å²) < 4.78 is 23.5. The second-order valence-electron chi connectivity index (χ2n) is 6.10. The lowest BCUT2D eigenvalue weighted by molar-refractivity contribution is 0.188. The fourth-order valence-electron chi connectivity index (χ4n) is 2.64. The van der Waals surface area contributed by atoms with Crippen LogP contribution in [0.15, 0.2) is 23.2 Å². The number of pyridine rings is 1. The molecule has 0 radical (unpaired) electrons. The van der Waals surface area contributed by atoms with Crippen molar-refractivity contribution in [1.29, 1.82) is 0 Å². The van der Waals surface area contributed by atoms with Gasteiger partial charge in [0.1, 0.15) is 10.7 Å². The summed E-state index contributed by atoms with van der Waals surface area (Å²) >= 11 is 0. The van der Waals surface area contributed by atoms with E-state index in [0.29, 0.717) is 18.4 Å². The first-order valence-corrected chi connectivity index (χ1v) is 8.82. The average Bonchev–Trinajstić information content (AvgIpc) is 2.36. The molecule has 2 heterocycles. The van der Waals surface area contributed by atoms with E-state index in [1.807, 2.05) is 0 Å². The maximum absolute atomic E-state index is 11.7. The first-order valence-electron chi connectivity index (χ1n) is 6.93. The van der Waals surface area contributed by atoms with Gasteiger partial charge in [-0.3, -0.25) is 0 Å². The molecule has 20 heavy (non-hydrogen) atoms. The summed E-state index contributed by atoms with van der Waals surface area (Å²) in [5, 5.41) is 6.69. The smallest absolute Gasteiger partial charge is 0.179 e. The first kappa shape index (κ1) is 15.3. The van der Waals surface area contributed by atoms with Crippen molar-refractivity contribution >= 4 is 15.7 Å². The van der Waals surface area contributed by atoms with E-state index >= 15 is 0 Å². The molecule has 6 heteroatoms. The molecular formula is C14H23N3O2S. The minimum absolute atomic E-state index is 0.200. The second kappa shape index (κ2) is 5.69. The minimum atomic E-state index is -3.26. The summed E-state index contributed by atoms with van der Waals surface area (Å²) in [6.07, 6.45) is 5.17. The van der Waals surface area contributed by atoms with Crippen LogP contribution in [0.2, 0.25) is 0 Å². The van der Waals surface area contributed by atoms with E-state index in [1.165, 1.54) is 19.1 Å². The van der Waals surface area contributed by atoms with Crippen LogP contribution in [0.1, 0.15) is 26.7 Å². The number of piperidine rings is 1. The number of sulfone groups is 1. The van der Waals surface area contributed by atoms with E-state index in [4.69, 9.17) is 0 Å². The van der Waals surface area contributed by atoms with Gasteiger partial charge in [-0.05, 0) is 36.9 Å². The fraction of sp³-hybridized carbons (Fsp3) is 0.643. The molecule has 0 aromatic carbocycles. The number of hydrogen-bond acceptors (Lipinski definition) is 5. The molecule has 2 rings (SSSR count). The molecule has 1 aliphatic heterocycles. The minimum Gasteiger partial charge on any atom is -0.367 e. The predicted molar refractivity (Wildman–Crippen MR) is 80.6 cm³/mol. The number of anilines is 1. The summed E-state index contributed by atoms with van der Waals surface area (Å²) in [6.45, 7) is 6.16. The number of nitrogens with zero attached hydrogens (tertiary/aromatic N) is 1. The van der Waals surface area contributed by atoms with Crippen LogP contribution in [0.4, 0.5) is 5.82 Å². The summed E-state index contributed by atoms with van der Waals surface area (Å²) in [7, 11) is -3.26. The number of hydrogen-bond donors (Lipinski definition) is 2. The zero-order valence-corrected chi connectivity index (χ0v) is 13.1. The Bertz CT molecular complexity index is 570. The van der Waals surface area contributed by atoms with Crippen molar-refractivity contribution in [3.63, 3.8) is 0 Å². The second-order valence-corrected chi connectivity index (χ2v) is 8.09. The molecule has 0 spiro atoms. The molecule has 0 bridgehead atoms. The largest absolute Gasteiger partial charge is 0.367 e. The van der Waals surface area contributed by atoms with Gasteiger partial charge in [0.2, 0.25) is 0 Å². The Hall–Kier alpha value is -1.14. The third kappa shape index (κ3) is 3.49. The topological polar surface area (TPSA) is 71.1 Å². The molecule has 0 saturated carbocycles. The maximum atomic E-state index is 11.7.